The van der Waals surface area contributed by atoms with E-state index < -0.39 is 6.10 Å². The Kier molecular flexibility index (Phi) is 8.52. The number of methoxy groups -OCH3 is 2. The molecule has 0 saturated heterocycles. The highest BCUT2D eigenvalue weighted by Gasteiger charge is 2.20. The molecule has 0 heterocycles. The Labute approximate surface area is 151 Å². The van der Waals surface area contributed by atoms with Crippen molar-refractivity contribution in [1.82, 2.24) is 5.32 Å². The molecule has 2 N–H and O–H groups in total. The number of hydrogen-bond donors (Lipinski definition) is 2. The summed E-state index contributed by atoms with van der Waals surface area (Å²) in [6.07, 6.45) is 5.54. The van der Waals surface area contributed by atoms with Gasteiger partial charge in [-0.3, -0.25) is 0 Å². The lowest BCUT2D eigenvalue weighted by molar-refractivity contribution is -0.0305. The number of hydrogen-bond acceptors (Lipinski definition) is 5. The van der Waals surface area contributed by atoms with Crippen LogP contribution in [0, 0.1) is 5.92 Å². The average Bonchev–Trinajstić information content (AvgIpc) is 2.63. The van der Waals surface area contributed by atoms with Gasteiger partial charge in [0.2, 0.25) is 0 Å². The van der Waals surface area contributed by atoms with Crippen molar-refractivity contribution in [1.29, 1.82) is 0 Å². The first-order valence-electron chi connectivity index (χ1n) is 9.33. The summed E-state index contributed by atoms with van der Waals surface area (Å²) in [5.74, 6) is 2.23. The first-order chi connectivity index (χ1) is 12.1. The highest BCUT2D eigenvalue weighted by atomic mass is 16.5. The summed E-state index contributed by atoms with van der Waals surface area (Å²) in [6, 6.07) is 5.94. The average molecular weight is 351 g/mol. The van der Waals surface area contributed by atoms with Crippen LogP contribution in [0.4, 0.5) is 0 Å². The Morgan fingerprint density at radius 3 is 2.72 bits per heavy atom. The second kappa shape index (κ2) is 10.6. The van der Waals surface area contributed by atoms with Crippen molar-refractivity contribution in [2.24, 2.45) is 5.92 Å². The summed E-state index contributed by atoms with van der Waals surface area (Å²) < 4.78 is 16.4. The van der Waals surface area contributed by atoms with Gasteiger partial charge in [0.25, 0.3) is 0 Å². The fraction of sp³-hybridized carbons (Fsp3) is 0.700. The molecular weight excluding hydrogens is 318 g/mol. The molecule has 1 aliphatic carbocycles. The van der Waals surface area contributed by atoms with Crippen LogP contribution in [0.5, 0.6) is 11.5 Å². The maximum Gasteiger partial charge on any atom is 0.160 e. The van der Waals surface area contributed by atoms with E-state index in [1.165, 1.54) is 18.4 Å². The fourth-order valence-corrected chi connectivity index (χ4v) is 3.37. The minimum absolute atomic E-state index is 0.324. The standard InChI is InChI=1S/C20H33NO4/c1-15-5-4-6-18(11-15)25-14-17(22)13-21-10-9-16-7-8-19(23-2)20(12-16)24-3/h7-8,12,15,17-18,21-22H,4-6,9-11,13-14H2,1-3H3/t15-,17-,18+/m0/s1. The summed E-state index contributed by atoms with van der Waals surface area (Å²) in [5.41, 5.74) is 1.17. The van der Waals surface area contributed by atoms with E-state index in [0.717, 1.165) is 43.2 Å². The maximum absolute atomic E-state index is 10.1. The molecule has 0 spiro atoms. The predicted octanol–water partition coefficient (Wildman–Crippen LogP) is 2.79. The molecule has 2 rings (SSSR count). The monoisotopic (exact) mass is 351 g/mol. The van der Waals surface area contributed by atoms with Crippen LogP contribution < -0.4 is 14.8 Å². The molecule has 0 aliphatic heterocycles. The number of rotatable bonds is 10. The molecule has 25 heavy (non-hydrogen) atoms. The van der Waals surface area contributed by atoms with E-state index in [2.05, 4.69) is 12.2 Å². The number of benzene rings is 1. The Morgan fingerprint density at radius 2 is 2.00 bits per heavy atom. The van der Waals surface area contributed by atoms with Crippen LogP contribution in [0.2, 0.25) is 0 Å². The number of ether oxygens (including phenoxy) is 3. The van der Waals surface area contributed by atoms with E-state index in [1.807, 2.05) is 18.2 Å². The van der Waals surface area contributed by atoms with Gasteiger partial charge in [-0.25, -0.2) is 0 Å². The molecule has 5 nitrogen and oxygen atoms in total. The lowest BCUT2D eigenvalue weighted by Crippen LogP contribution is -2.34. The van der Waals surface area contributed by atoms with Crippen molar-refractivity contribution in [3.8, 4) is 11.5 Å². The van der Waals surface area contributed by atoms with Gasteiger partial charge in [0.05, 0.1) is 33.0 Å². The minimum atomic E-state index is -0.456. The molecule has 142 valence electrons. The van der Waals surface area contributed by atoms with Gasteiger partial charge in [-0.1, -0.05) is 25.8 Å². The molecule has 0 radical (unpaired) electrons. The van der Waals surface area contributed by atoms with Crippen molar-refractivity contribution in [2.45, 2.75) is 51.2 Å². The van der Waals surface area contributed by atoms with Gasteiger partial charge in [0, 0.05) is 6.54 Å². The summed E-state index contributed by atoms with van der Waals surface area (Å²) in [5, 5.41) is 13.4. The zero-order chi connectivity index (χ0) is 18.1. The molecule has 5 heteroatoms. The summed E-state index contributed by atoms with van der Waals surface area (Å²) in [7, 11) is 3.28. The van der Waals surface area contributed by atoms with Gasteiger partial charge in [-0.05, 0) is 49.4 Å². The topological polar surface area (TPSA) is 60.0 Å². The summed E-state index contributed by atoms with van der Waals surface area (Å²) in [4.78, 5) is 0. The lowest BCUT2D eigenvalue weighted by atomic mass is 9.89. The third kappa shape index (κ3) is 6.84. The second-order valence-corrected chi connectivity index (χ2v) is 7.02. The van der Waals surface area contributed by atoms with Crippen molar-refractivity contribution < 1.29 is 19.3 Å². The molecule has 0 aromatic heterocycles. The van der Waals surface area contributed by atoms with E-state index in [9.17, 15) is 5.11 Å². The van der Waals surface area contributed by atoms with Gasteiger partial charge in [0.15, 0.2) is 11.5 Å². The quantitative estimate of drug-likeness (QED) is 0.635. The SMILES string of the molecule is COc1ccc(CCNC[C@H](O)CO[C@@H]2CCC[C@H](C)C2)cc1OC. The lowest BCUT2D eigenvalue weighted by Gasteiger charge is -2.27. The zero-order valence-corrected chi connectivity index (χ0v) is 15.8. The number of aliphatic hydroxyl groups excluding tert-OH is 1. The Balaban J connectivity index is 1.62. The van der Waals surface area contributed by atoms with E-state index in [-0.39, 0.29) is 0 Å². The van der Waals surface area contributed by atoms with Gasteiger partial charge in [-0.2, -0.15) is 0 Å². The van der Waals surface area contributed by atoms with Gasteiger partial charge in [-0.15, -0.1) is 0 Å². The third-order valence-corrected chi connectivity index (χ3v) is 4.83. The smallest absolute Gasteiger partial charge is 0.160 e. The van der Waals surface area contributed by atoms with Crippen molar-refractivity contribution >= 4 is 0 Å². The molecule has 0 bridgehead atoms. The normalized spacial score (nSPS) is 21.8. The van der Waals surface area contributed by atoms with E-state index in [1.54, 1.807) is 14.2 Å². The van der Waals surface area contributed by atoms with Gasteiger partial charge >= 0.3 is 0 Å². The van der Waals surface area contributed by atoms with Crippen LogP contribution in [0.1, 0.15) is 38.2 Å². The van der Waals surface area contributed by atoms with Crippen LogP contribution in [0.3, 0.4) is 0 Å². The van der Waals surface area contributed by atoms with Crippen LogP contribution in [0.15, 0.2) is 18.2 Å². The van der Waals surface area contributed by atoms with E-state index in [4.69, 9.17) is 14.2 Å². The zero-order valence-electron chi connectivity index (χ0n) is 15.8. The molecule has 1 fully saturated rings. The van der Waals surface area contributed by atoms with Crippen LogP contribution >= 0.6 is 0 Å². The Hall–Kier alpha value is -1.30. The molecule has 3 atom stereocenters. The molecule has 0 amide bonds. The third-order valence-electron chi connectivity index (χ3n) is 4.83. The fourth-order valence-electron chi connectivity index (χ4n) is 3.37. The van der Waals surface area contributed by atoms with Gasteiger partial charge in [0.1, 0.15) is 0 Å². The Morgan fingerprint density at radius 1 is 1.20 bits per heavy atom. The molecule has 1 aromatic rings. The van der Waals surface area contributed by atoms with Crippen molar-refractivity contribution in [2.75, 3.05) is 33.9 Å². The first-order valence-corrected chi connectivity index (χ1v) is 9.33. The molecule has 1 aromatic carbocycles. The van der Waals surface area contributed by atoms with Crippen LogP contribution in [-0.2, 0) is 11.2 Å². The van der Waals surface area contributed by atoms with Crippen molar-refractivity contribution in [3.05, 3.63) is 23.8 Å². The number of aliphatic hydroxyl groups is 1. The van der Waals surface area contributed by atoms with E-state index in [0.29, 0.717) is 19.3 Å². The highest BCUT2D eigenvalue weighted by Crippen LogP contribution is 2.27. The van der Waals surface area contributed by atoms with Crippen molar-refractivity contribution in [3.63, 3.8) is 0 Å². The largest absolute Gasteiger partial charge is 0.493 e. The molecule has 1 aliphatic rings. The first kappa shape index (κ1) is 20.0. The maximum atomic E-state index is 10.1. The Bertz CT molecular complexity index is 508. The highest BCUT2D eigenvalue weighted by molar-refractivity contribution is 5.42. The van der Waals surface area contributed by atoms with E-state index >= 15 is 0 Å². The second-order valence-electron chi connectivity index (χ2n) is 7.02. The molecular formula is C20H33NO4. The summed E-state index contributed by atoms with van der Waals surface area (Å²) in [6.45, 7) is 4.05. The molecule has 1 saturated carbocycles. The van der Waals surface area contributed by atoms with Crippen LogP contribution in [-0.4, -0.2) is 51.2 Å². The van der Waals surface area contributed by atoms with Gasteiger partial charge < -0.3 is 24.6 Å². The minimum Gasteiger partial charge on any atom is -0.493 e. The summed E-state index contributed by atoms with van der Waals surface area (Å²) >= 11 is 0. The van der Waals surface area contributed by atoms with Crippen LogP contribution in [0.25, 0.3) is 0 Å². The predicted molar refractivity (Wildman–Crippen MR) is 99.5 cm³/mol. The number of nitrogens with one attached hydrogen (secondary N) is 1. The molecule has 0 unspecified atom stereocenters.